The van der Waals surface area contributed by atoms with Gasteiger partial charge >= 0.3 is 11.7 Å². The van der Waals surface area contributed by atoms with E-state index < -0.39 is 23.3 Å². The maximum absolute atomic E-state index is 12.6. The van der Waals surface area contributed by atoms with E-state index in [-0.39, 0.29) is 17.2 Å². The van der Waals surface area contributed by atoms with E-state index in [4.69, 9.17) is 9.52 Å². The minimum absolute atomic E-state index is 0.204. The van der Waals surface area contributed by atoms with Crippen molar-refractivity contribution in [3.8, 4) is 5.75 Å². The lowest BCUT2D eigenvalue weighted by Crippen LogP contribution is -2.16. The molecule has 0 saturated heterocycles. The third-order valence-electron chi connectivity index (χ3n) is 4.82. The van der Waals surface area contributed by atoms with Gasteiger partial charge in [0.05, 0.1) is 0 Å². The fourth-order valence-electron chi connectivity index (χ4n) is 2.92. The molecule has 1 rings (SSSR count). The van der Waals surface area contributed by atoms with E-state index >= 15 is 0 Å². The van der Waals surface area contributed by atoms with E-state index in [0.29, 0.717) is 18.4 Å². The predicted molar refractivity (Wildman–Crippen MR) is 121 cm³/mol. The van der Waals surface area contributed by atoms with Crippen LogP contribution in [0, 0.1) is 0 Å². The molecule has 1 aromatic rings. The largest absolute Gasteiger partial charge is 0.507 e. The molecule has 1 amide bonds. The number of aromatic hydroxyl groups is 1. The third kappa shape index (κ3) is 9.51. The van der Waals surface area contributed by atoms with Gasteiger partial charge in [-0.25, -0.2) is 9.59 Å². The van der Waals surface area contributed by atoms with Crippen LogP contribution in [0.1, 0.15) is 87.8 Å². The lowest BCUT2D eigenvalue weighted by Gasteiger charge is -2.11. The van der Waals surface area contributed by atoms with Crippen molar-refractivity contribution in [3.63, 3.8) is 0 Å². The topological polar surface area (TPSA) is 117 Å². The summed E-state index contributed by atoms with van der Waals surface area (Å²) in [5, 5.41) is 20.9. The molecule has 1 heterocycles. The molecular weight excluding hydrogens is 398 g/mol. The number of nitrogens with one attached hydrogen (secondary N) is 1. The highest BCUT2D eigenvalue weighted by atomic mass is 16.4. The Labute approximate surface area is 183 Å². The summed E-state index contributed by atoms with van der Waals surface area (Å²) in [6.07, 6.45) is 13.9. The molecule has 1 aromatic heterocycles. The number of carbonyl (C=O) groups is 2. The second kappa shape index (κ2) is 14.0. The number of allylic oxidation sites excluding steroid dienone is 5. The Morgan fingerprint density at radius 2 is 1.94 bits per heavy atom. The van der Waals surface area contributed by atoms with Gasteiger partial charge in [-0.2, -0.15) is 0 Å². The van der Waals surface area contributed by atoms with Gasteiger partial charge in [0.1, 0.15) is 17.1 Å². The summed E-state index contributed by atoms with van der Waals surface area (Å²) in [4.78, 5) is 35.3. The summed E-state index contributed by atoms with van der Waals surface area (Å²) in [5.41, 5.74) is -0.901. The number of hydrogen-bond acceptors (Lipinski definition) is 5. The Kier molecular flexibility index (Phi) is 11.7. The molecule has 1 atom stereocenters. The van der Waals surface area contributed by atoms with Crippen molar-refractivity contribution in [2.24, 2.45) is 0 Å². The summed E-state index contributed by atoms with van der Waals surface area (Å²) < 4.78 is 5.28. The number of ketones is 1. The third-order valence-corrected chi connectivity index (χ3v) is 4.82. The highest BCUT2D eigenvalue weighted by molar-refractivity contribution is 6.09. The molecule has 0 saturated carbocycles. The van der Waals surface area contributed by atoms with Crippen LogP contribution in [0.4, 0.5) is 4.79 Å². The summed E-state index contributed by atoms with van der Waals surface area (Å²) >= 11 is 0. The van der Waals surface area contributed by atoms with Crippen LogP contribution in [0.2, 0.25) is 0 Å². The van der Waals surface area contributed by atoms with Crippen molar-refractivity contribution in [2.45, 2.75) is 71.6 Å². The van der Waals surface area contributed by atoms with Crippen LogP contribution < -0.4 is 10.9 Å². The van der Waals surface area contributed by atoms with Crippen LogP contribution in [0.5, 0.6) is 5.75 Å². The SMILES string of the molecule is CCCCCCC=CC=C(C)C(=O)c1c(O)cc(C(C)CCC=CNC(=O)O)oc1=O. The first kappa shape index (κ1) is 25.9. The van der Waals surface area contributed by atoms with Gasteiger partial charge in [-0.1, -0.05) is 57.4 Å². The van der Waals surface area contributed by atoms with E-state index in [1.54, 1.807) is 25.2 Å². The number of rotatable bonds is 13. The zero-order valence-electron chi connectivity index (χ0n) is 18.5. The lowest BCUT2D eigenvalue weighted by molar-refractivity contribution is 0.102. The molecule has 0 radical (unpaired) electrons. The molecule has 1 unspecified atom stereocenters. The van der Waals surface area contributed by atoms with Gasteiger partial charge in [-0.3, -0.25) is 10.1 Å². The van der Waals surface area contributed by atoms with E-state index in [1.807, 2.05) is 13.0 Å². The predicted octanol–water partition coefficient (Wildman–Crippen LogP) is 5.67. The van der Waals surface area contributed by atoms with Crippen molar-refractivity contribution in [1.82, 2.24) is 5.32 Å². The quantitative estimate of drug-likeness (QED) is 0.160. The number of carbonyl (C=O) groups excluding carboxylic acids is 1. The molecule has 0 aliphatic carbocycles. The first-order valence-corrected chi connectivity index (χ1v) is 10.7. The van der Waals surface area contributed by atoms with Crippen molar-refractivity contribution < 1.29 is 24.2 Å². The number of unbranched alkanes of at least 4 members (excludes halogenated alkanes) is 4. The molecule has 0 bridgehead atoms. The average molecular weight is 432 g/mol. The molecule has 3 N–H and O–H groups in total. The highest BCUT2D eigenvalue weighted by Crippen LogP contribution is 2.25. The van der Waals surface area contributed by atoms with E-state index in [0.717, 1.165) is 12.8 Å². The van der Waals surface area contributed by atoms with E-state index in [2.05, 4.69) is 12.2 Å². The van der Waals surface area contributed by atoms with Crippen LogP contribution in [0.15, 0.2) is 51.4 Å². The molecule has 7 heteroatoms. The Hall–Kier alpha value is -3.09. The minimum atomic E-state index is -1.15. The van der Waals surface area contributed by atoms with Gasteiger partial charge in [0.15, 0.2) is 5.78 Å². The molecule has 7 nitrogen and oxygen atoms in total. The molecule has 0 spiro atoms. The van der Waals surface area contributed by atoms with Gasteiger partial charge < -0.3 is 14.6 Å². The molecule has 31 heavy (non-hydrogen) atoms. The number of carboxylic acid groups (broad SMARTS) is 1. The number of hydrogen-bond donors (Lipinski definition) is 3. The van der Waals surface area contributed by atoms with Gasteiger partial charge in [-0.05, 0) is 38.2 Å². The highest BCUT2D eigenvalue weighted by Gasteiger charge is 2.21. The molecular formula is C24H33NO6. The van der Waals surface area contributed by atoms with Gasteiger partial charge in [0.2, 0.25) is 0 Å². The fourth-order valence-corrected chi connectivity index (χ4v) is 2.92. The van der Waals surface area contributed by atoms with E-state index in [9.17, 15) is 19.5 Å². The normalized spacial score (nSPS) is 13.1. The molecule has 0 aliphatic rings. The van der Waals surface area contributed by atoms with Crippen LogP contribution in [0.3, 0.4) is 0 Å². The van der Waals surface area contributed by atoms with Crippen LogP contribution in [0.25, 0.3) is 0 Å². The van der Waals surface area contributed by atoms with E-state index in [1.165, 1.54) is 31.5 Å². The first-order valence-electron chi connectivity index (χ1n) is 10.7. The Balaban J connectivity index is 2.77. The second-order valence-electron chi connectivity index (χ2n) is 7.48. The van der Waals surface area contributed by atoms with Gasteiger partial charge in [-0.15, -0.1) is 0 Å². The minimum Gasteiger partial charge on any atom is -0.507 e. The lowest BCUT2D eigenvalue weighted by atomic mass is 10.00. The molecule has 170 valence electrons. The maximum Gasteiger partial charge on any atom is 0.408 e. The van der Waals surface area contributed by atoms with Crippen molar-refractivity contribution in [1.29, 1.82) is 0 Å². The number of amides is 1. The van der Waals surface area contributed by atoms with Crippen molar-refractivity contribution >= 4 is 11.9 Å². The molecule has 0 fully saturated rings. The van der Waals surface area contributed by atoms with Gasteiger partial charge in [0, 0.05) is 18.2 Å². The Morgan fingerprint density at radius 1 is 1.19 bits per heavy atom. The maximum atomic E-state index is 12.6. The summed E-state index contributed by atoms with van der Waals surface area (Å²) in [6.45, 7) is 5.57. The monoisotopic (exact) mass is 431 g/mol. The van der Waals surface area contributed by atoms with Crippen LogP contribution in [-0.4, -0.2) is 22.1 Å². The average Bonchev–Trinajstić information content (AvgIpc) is 2.71. The van der Waals surface area contributed by atoms with Gasteiger partial charge in [0.25, 0.3) is 0 Å². The van der Waals surface area contributed by atoms with Crippen LogP contribution >= 0.6 is 0 Å². The molecule has 0 aromatic carbocycles. The summed E-state index contributed by atoms with van der Waals surface area (Å²) in [5.74, 6) is -0.900. The number of Topliss-reactive ketones (excluding diaryl/α,β-unsaturated/α-hetero) is 1. The summed E-state index contributed by atoms with van der Waals surface area (Å²) in [6, 6.07) is 1.30. The Bertz CT molecular complexity index is 879. The Morgan fingerprint density at radius 3 is 2.58 bits per heavy atom. The van der Waals surface area contributed by atoms with Crippen LogP contribution in [-0.2, 0) is 0 Å². The fraction of sp³-hybridized carbons (Fsp3) is 0.458. The zero-order chi connectivity index (χ0) is 23.2. The standard InChI is InChI=1S/C24H33NO6/c1-4-5-6-7-8-9-10-14-18(3)22(27)21-19(26)16-20(31-23(21)28)17(2)13-11-12-15-25-24(29)30/h9-10,12,14-17,25-26H,4-8,11,13H2,1-3H3,(H,29,30). The second-order valence-corrected chi connectivity index (χ2v) is 7.48. The first-order chi connectivity index (χ1) is 14.8. The van der Waals surface area contributed by atoms with Crippen molar-refractivity contribution in [2.75, 3.05) is 0 Å². The summed E-state index contributed by atoms with van der Waals surface area (Å²) in [7, 11) is 0. The van der Waals surface area contributed by atoms with Crippen molar-refractivity contribution in [3.05, 3.63) is 63.9 Å². The smallest absolute Gasteiger partial charge is 0.408 e. The molecule has 0 aliphatic heterocycles. The zero-order valence-corrected chi connectivity index (χ0v) is 18.5.